The highest BCUT2D eigenvalue weighted by atomic mass is 16.6. The van der Waals surface area contributed by atoms with Crippen LogP contribution in [0.15, 0.2) is 0 Å². The van der Waals surface area contributed by atoms with Gasteiger partial charge in [-0.2, -0.15) is 0 Å². The zero-order chi connectivity index (χ0) is 11.8. The van der Waals surface area contributed by atoms with E-state index in [2.05, 4.69) is 0 Å². The van der Waals surface area contributed by atoms with Crippen molar-refractivity contribution in [3.8, 4) is 0 Å². The van der Waals surface area contributed by atoms with E-state index >= 15 is 0 Å². The fourth-order valence-corrected chi connectivity index (χ4v) is 1.08. The summed E-state index contributed by atoms with van der Waals surface area (Å²) >= 11 is 0. The van der Waals surface area contributed by atoms with E-state index < -0.39 is 6.04 Å². The Morgan fingerprint density at radius 3 is 2.40 bits per heavy atom. The van der Waals surface area contributed by atoms with E-state index in [9.17, 15) is 4.79 Å². The molecule has 3 atom stereocenters. The summed E-state index contributed by atoms with van der Waals surface area (Å²) in [6.07, 6.45) is 0.642. The van der Waals surface area contributed by atoms with Crippen molar-refractivity contribution in [1.29, 1.82) is 0 Å². The van der Waals surface area contributed by atoms with Crippen LogP contribution in [0.4, 0.5) is 0 Å². The van der Waals surface area contributed by atoms with E-state index in [1.54, 1.807) is 6.92 Å². The molecule has 0 saturated heterocycles. The van der Waals surface area contributed by atoms with Gasteiger partial charge in [0.1, 0.15) is 12.1 Å². The van der Waals surface area contributed by atoms with Gasteiger partial charge in [0.2, 0.25) is 0 Å². The number of carbonyl (C=O) groups excluding carboxylic acids is 1. The van der Waals surface area contributed by atoms with Gasteiger partial charge in [0.15, 0.2) is 0 Å². The van der Waals surface area contributed by atoms with E-state index in [-0.39, 0.29) is 18.0 Å². The summed E-state index contributed by atoms with van der Waals surface area (Å²) in [5.41, 5.74) is 5.73. The van der Waals surface area contributed by atoms with Crippen LogP contribution in [-0.4, -0.2) is 31.3 Å². The van der Waals surface area contributed by atoms with Gasteiger partial charge in [-0.05, 0) is 19.8 Å². The van der Waals surface area contributed by atoms with Crippen LogP contribution in [0.5, 0.6) is 0 Å². The largest absolute Gasteiger partial charge is 0.459 e. The molecule has 0 spiro atoms. The minimum absolute atomic E-state index is 0.150. The van der Waals surface area contributed by atoms with Crippen LogP contribution in [0.2, 0.25) is 0 Å². The summed E-state index contributed by atoms with van der Waals surface area (Å²) in [5, 5.41) is 0. The fourth-order valence-electron chi connectivity index (χ4n) is 1.08. The van der Waals surface area contributed by atoms with Gasteiger partial charge < -0.3 is 15.2 Å². The molecule has 0 aliphatic rings. The number of rotatable bonds is 7. The molecule has 15 heavy (non-hydrogen) atoms. The first kappa shape index (κ1) is 14.4. The van der Waals surface area contributed by atoms with Gasteiger partial charge in [-0.3, -0.25) is 4.79 Å². The molecule has 0 aliphatic heterocycles. The van der Waals surface area contributed by atoms with Crippen molar-refractivity contribution in [2.24, 2.45) is 11.7 Å². The highest BCUT2D eigenvalue weighted by Crippen LogP contribution is 2.08. The molecule has 0 fully saturated rings. The van der Waals surface area contributed by atoms with Crippen molar-refractivity contribution >= 4 is 5.97 Å². The average molecular weight is 217 g/mol. The third-order valence-corrected chi connectivity index (χ3v) is 2.40. The minimum atomic E-state index is -0.529. The highest BCUT2D eigenvalue weighted by Gasteiger charge is 2.22. The van der Waals surface area contributed by atoms with Crippen molar-refractivity contribution < 1.29 is 14.3 Å². The summed E-state index contributed by atoms with van der Waals surface area (Å²) in [5.74, 6) is -0.187. The fraction of sp³-hybridized carbons (Fsp3) is 0.909. The molecule has 0 bridgehead atoms. The number of esters is 1. The maximum Gasteiger partial charge on any atom is 0.323 e. The van der Waals surface area contributed by atoms with Gasteiger partial charge in [0.05, 0.1) is 6.61 Å². The van der Waals surface area contributed by atoms with Gasteiger partial charge in [-0.15, -0.1) is 0 Å². The first-order chi connectivity index (χ1) is 7.02. The third-order valence-electron chi connectivity index (χ3n) is 2.40. The third kappa shape index (κ3) is 5.74. The van der Waals surface area contributed by atoms with Crippen LogP contribution < -0.4 is 5.73 Å². The van der Waals surface area contributed by atoms with Gasteiger partial charge in [-0.25, -0.2) is 0 Å². The second-order valence-electron chi connectivity index (χ2n) is 3.82. The minimum Gasteiger partial charge on any atom is -0.459 e. The molecule has 4 nitrogen and oxygen atoms in total. The van der Waals surface area contributed by atoms with E-state index in [1.165, 1.54) is 0 Å². The SMILES string of the molecule is CCOCC(C)OC(=O)[C@@H](N)[C@@H](C)CC. The highest BCUT2D eigenvalue weighted by molar-refractivity contribution is 5.75. The van der Waals surface area contributed by atoms with Crippen LogP contribution in [0, 0.1) is 5.92 Å². The lowest BCUT2D eigenvalue weighted by molar-refractivity contribution is -0.153. The van der Waals surface area contributed by atoms with E-state index in [0.29, 0.717) is 13.2 Å². The van der Waals surface area contributed by atoms with Crippen LogP contribution in [-0.2, 0) is 14.3 Å². The molecule has 0 aromatic heterocycles. The predicted molar refractivity (Wildman–Crippen MR) is 59.5 cm³/mol. The van der Waals surface area contributed by atoms with Gasteiger partial charge in [0.25, 0.3) is 0 Å². The number of hydrogen-bond acceptors (Lipinski definition) is 4. The second-order valence-corrected chi connectivity index (χ2v) is 3.82. The molecule has 2 N–H and O–H groups in total. The monoisotopic (exact) mass is 217 g/mol. The lowest BCUT2D eigenvalue weighted by Crippen LogP contribution is -2.40. The van der Waals surface area contributed by atoms with Crippen LogP contribution in [0.3, 0.4) is 0 Å². The number of carbonyl (C=O) groups is 1. The van der Waals surface area contributed by atoms with Gasteiger partial charge in [-0.1, -0.05) is 20.3 Å². The molecule has 0 aromatic carbocycles. The molecule has 0 heterocycles. The van der Waals surface area contributed by atoms with Crippen LogP contribution >= 0.6 is 0 Å². The summed E-state index contributed by atoms with van der Waals surface area (Å²) in [6.45, 7) is 8.70. The van der Waals surface area contributed by atoms with Crippen molar-refractivity contribution in [3.63, 3.8) is 0 Å². The Hall–Kier alpha value is -0.610. The maximum absolute atomic E-state index is 11.5. The molecule has 0 amide bonds. The molecular weight excluding hydrogens is 194 g/mol. The van der Waals surface area contributed by atoms with E-state index in [1.807, 2.05) is 20.8 Å². The molecular formula is C11H23NO3. The van der Waals surface area contributed by atoms with Gasteiger partial charge in [0, 0.05) is 6.61 Å². The molecule has 0 radical (unpaired) electrons. The summed E-state index contributed by atoms with van der Waals surface area (Å²) < 4.78 is 10.3. The summed E-state index contributed by atoms with van der Waals surface area (Å²) in [7, 11) is 0. The average Bonchev–Trinajstić information content (AvgIpc) is 2.23. The molecule has 0 aromatic rings. The van der Waals surface area contributed by atoms with E-state index in [0.717, 1.165) is 6.42 Å². The Balaban J connectivity index is 3.90. The molecule has 1 unspecified atom stereocenters. The zero-order valence-corrected chi connectivity index (χ0v) is 10.2. The van der Waals surface area contributed by atoms with Crippen molar-refractivity contribution in [2.45, 2.75) is 46.3 Å². The quantitative estimate of drug-likeness (QED) is 0.653. The Kier molecular flexibility index (Phi) is 7.34. The smallest absolute Gasteiger partial charge is 0.323 e. The Labute approximate surface area is 92.1 Å². The number of ether oxygens (including phenoxy) is 2. The maximum atomic E-state index is 11.5. The first-order valence-corrected chi connectivity index (χ1v) is 5.56. The molecule has 0 rings (SSSR count). The van der Waals surface area contributed by atoms with Crippen LogP contribution in [0.1, 0.15) is 34.1 Å². The van der Waals surface area contributed by atoms with Gasteiger partial charge >= 0.3 is 5.97 Å². The topological polar surface area (TPSA) is 61.5 Å². The lowest BCUT2D eigenvalue weighted by Gasteiger charge is -2.20. The molecule has 0 aliphatic carbocycles. The predicted octanol–water partition coefficient (Wildman–Crippen LogP) is 1.33. The normalized spacial score (nSPS) is 16.9. The summed E-state index contributed by atoms with van der Waals surface area (Å²) in [6, 6.07) is -0.529. The van der Waals surface area contributed by atoms with Crippen LogP contribution in [0.25, 0.3) is 0 Å². The van der Waals surface area contributed by atoms with Crippen molar-refractivity contribution in [3.05, 3.63) is 0 Å². The molecule has 90 valence electrons. The standard InChI is InChI=1S/C11H23NO3/c1-5-8(3)10(12)11(13)15-9(4)7-14-6-2/h8-10H,5-7,12H2,1-4H3/t8-,9?,10-/m0/s1. The Morgan fingerprint density at radius 1 is 1.33 bits per heavy atom. The Morgan fingerprint density at radius 2 is 1.93 bits per heavy atom. The second kappa shape index (κ2) is 7.65. The lowest BCUT2D eigenvalue weighted by atomic mass is 10.0. The first-order valence-electron chi connectivity index (χ1n) is 5.56. The molecule has 4 heteroatoms. The van der Waals surface area contributed by atoms with Crippen molar-refractivity contribution in [2.75, 3.05) is 13.2 Å². The molecule has 0 saturated carbocycles. The van der Waals surface area contributed by atoms with E-state index in [4.69, 9.17) is 15.2 Å². The summed E-state index contributed by atoms with van der Waals surface area (Å²) in [4.78, 5) is 11.5. The zero-order valence-electron chi connectivity index (χ0n) is 10.2. The number of hydrogen-bond donors (Lipinski definition) is 1. The number of nitrogens with two attached hydrogens (primary N) is 1. The van der Waals surface area contributed by atoms with Crippen molar-refractivity contribution in [1.82, 2.24) is 0 Å². The Bertz CT molecular complexity index is 185.